The smallest absolute Gasteiger partial charge is 0.0540 e. The van der Waals surface area contributed by atoms with Gasteiger partial charge in [-0.05, 0) is 157 Å². The summed E-state index contributed by atoms with van der Waals surface area (Å²) in [4.78, 5) is 2.59. The summed E-state index contributed by atoms with van der Waals surface area (Å²) in [5, 5.41) is 5.11. The molecular weight excluding hydrogens is 723 g/mol. The lowest BCUT2D eigenvalue weighted by Crippen LogP contribution is -2.32. The van der Waals surface area contributed by atoms with E-state index in [2.05, 4.69) is 194 Å². The largest absolute Gasteiger partial charge is 0.309 e. The summed E-state index contributed by atoms with van der Waals surface area (Å²) in [6, 6.07) is 69.7. The first-order valence-electron chi connectivity index (χ1n) is 22.0. The van der Waals surface area contributed by atoms with Crippen LogP contribution in [0.3, 0.4) is 0 Å². The van der Waals surface area contributed by atoms with Crippen LogP contribution in [0.25, 0.3) is 66.1 Å². The van der Waals surface area contributed by atoms with Gasteiger partial charge in [0.05, 0.1) is 17.1 Å². The Bertz CT molecular complexity index is 3330. The number of anilines is 3. The predicted octanol–water partition coefficient (Wildman–Crippen LogP) is 15.5. The molecule has 284 valence electrons. The standard InChI is InChI=1S/C59H43N/c1-58-49-21-6-4-14-44(49)47-20-11-25-55(57(47)58)60(54-31-29-40(34-52(54)58)39-28-27-37-12-2-3-13-38(37)33-39)53-24-10-17-42-43(16-8-18-45(42)53)46-19-9-23-51-56(46)48-15-5-7-22-50(48)59(51)35-36-26-30-41(59)32-36/h2-25,27-29,31,33-34,36,41H,26,30,32,35H2,1H3/t36?,41?,58?,59-/m1/s1. The summed E-state index contributed by atoms with van der Waals surface area (Å²) in [6.07, 6.45) is 5.43. The molecule has 4 atom stereocenters. The summed E-state index contributed by atoms with van der Waals surface area (Å²) in [6.45, 7) is 2.47. The molecular formula is C59H43N. The lowest BCUT2D eigenvalue weighted by atomic mass is 9.66. The van der Waals surface area contributed by atoms with Crippen molar-refractivity contribution < 1.29 is 0 Å². The SMILES string of the molecule is CC12c3ccccc3-c3cccc(c31)N(c1cccc3c(-c4cccc5c4-c4ccccc4[C@]54CC5CCC4C5)cccc13)c1ccc(-c3ccc4ccccc4c3)cc12. The second-order valence-electron chi connectivity index (χ2n) is 18.5. The fourth-order valence-electron chi connectivity index (χ4n) is 13.5. The maximum absolute atomic E-state index is 2.59. The molecule has 1 heterocycles. The van der Waals surface area contributed by atoms with Crippen molar-refractivity contribution in [2.24, 2.45) is 11.8 Å². The van der Waals surface area contributed by atoms with Crippen LogP contribution in [-0.2, 0) is 10.8 Å². The van der Waals surface area contributed by atoms with Crippen molar-refractivity contribution in [1.29, 1.82) is 0 Å². The van der Waals surface area contributed by atoms with Gasteiger partial charge in [0.25, 0.3) is 0 Å². The van der Waals surface area contributed by atoms with E-state index in [1.54, 1.807) is 11.1 Å². The average Bonchev–Trinajstić information content (AvgIpc) is 4.06. The summed E-state index contributed by atoms with van der Waals surface area (Å²) in [7, 11) is 0. The van der Waals surface area contributed by atoms with E-state index in [1.165, 1.54) is 125 Å². The van der Waals surface area contributed by atoms with Crippen LogP contribution in [0.15, 0.2) is 182 Å². The van der Waals surface area contributed by atoms with Crippen molar-refractivity contribution in [3.05, 3.63) is 210 Å². The molecule has 2 saturated carbocycles. The molecule has 60 heavy (non-hydrogen) atoms. The monoisotopic (exact) mass is 765 g/mol. The molecule has 0 N–H and O–H groups in total. The zero-order valence-electron chi connectivity index (χ0n) is 33.8. The highest BCUT2D eigenvalue weighted by atomic mass is 15.2. The molecule has 1 aliphatic heterocycles. The summed E-state index contributed by atoms with van der Waals surface area (Å²) >= 11 is 0. The van der Waals surface area contributed by atoms with Gasteiger partial charge >= 0.3 is 0 Å². The third-order valence-corrected chi connectivity index (χ3v) is 15.9. The van der Waals surface area contributed by atoms with Crippen molar-refractivity contribution in [3.63, 3.8) is 0 Å². The van der Waals surface area contributed by atoms with E-state index in [0.717, 1.165) is 11.8 Å². The minimum absolute atomic E-state index is 0.154. The second kappa shape index (κ2) is 11.7. The van der Waals surface area contributed by atoms with E-state index in [4.69, 9.17) is 0 Å². The van der Waals surface area contributed by atoms with E-state index < -0.39 is 0 Å². The highest BCUT2D eigenvalue weighted by molar-refractivity contribution is 6.10. The van der Waals surface area contributed by atoms with E-state index in [-0.39, 0.29) is 10.8 Å². The Balaban J connectivity index is 0.999. The zero-order valence-corrected chi connectivity index (χ0v) is 33.8. The van der Waals surface area contributed by atoms with Crippen molar-refractivity contribution in [2.75, 3.05) is 4.90 Å². The van der Waals surface area contributed by atoms with Crippen LogP contribution >= 0.6 is 0 Å². The van der Waals surface area contributed by atoms with Gasteiger partial charge in [-0.1, -0.05) is 158 Å². The highest BCUT2D eigenvalue weighted by Crippen LogP contribution is 2.67. The van der Waals surface area contributed by atoms with Gasteiger partial charge in [0.2, 0.25) is 0 Å². The molecule has 0 saturated heterocycles. The quantitative estimate of drug-likeness (QED) is 0.173. The molecule has 4 aliphatic carbocycles. The number of nitrogens with zero attached hydrogens (tertiary/aromatic N) is 1. The van der Waals surface area contributed by atoms with Gasteiger partial charge in [-0.3, -0.25) is 0 Å². The van der Waals surface area contributed by atoms with Crippen LogP contribution in [0.1, 0.15) is 60.4 Å². The van der Waals surface area contributed by atoms with Crippen LogP contribution in [0.2, 0.25) is 0 Å². The Hall–Kier alpha value is -6.70. The van der Waals surface area contributed by atoms with Gasteiger partial charge in [0.15, 0.2) is 0 Å². The number of fused-ring (bicyclic) bond motifs is 15. The maximum atomic E-state index is 2.59. The fourth-order valence-corrected chi connectivity index (χ4v) is 13.5. The van der Waals surface area contributed by atoms with Crippen molar-refractivity contribution in [1.82, 2.24) is 0 Å². The Morgan fingerprint density at radius 1 is 0.450 bits per heavy atom. The number of rotatable bonds is 3. The van der Waals surface area contributed by atoms with Gasteiger partial charge in [0, 0.05) is 16.2 Å². The molecule has 2 bridgehead atoms. The minimum Gasteiger partial charge on any atom is -0.309 e. The topological polar surface area (TPSA) is 3.24 Å². The zero-order chi connectivity index (χ0) is 39.3. The molecule has 0 aromatic heterocycles. The van der Waals surface area contributed by atoms with Crippen LogP contribution in [0.5, 0.6) is 0 Å². The Morgan fingerprint density at radius 3 is 2.00 bits per heavy atom. The van der Waals surface area contributed by atoms with Gasteiger partial charge in [-0.25, -0.2) is 0 Å². The fraction of sp³-hybridized carbons (Fsp3) is 0.153. The minimum atomic E-state index is -0.315. The van der Waals surface area contributed by atoms with Crippen LogP contribution in [0, 0.1) is 11.8 Å². The Labute approximate surface area is 351 Å². The van der Waals surface area contributed by atoms with Gasteiger partial charge in [-0.2, -0.15) is 0 Å². The first-order valence-corrected chi connectivity index (χ1v) is 22.0. The number of benzene rings is 9. The molecule has 5 aliphatic rings. The van der Waals surface area contributed by atoms with Gasteiger partial charge in [0.1, 0.15) is 0 Å². The van der Waals surface area contributed by atoms with E-state index >= 15 is 0 Å². The van der Waals surface area contributed by atoms with Crippen molar-refractivity contribution >= 4 is 38.6 Å². The van der Waals surface area contributed by atoms with E-state index in [9.17, 15) is 0 Å². The second-order valence-corrected chi connectivity index (χ2v) is 18.5. The van der Waals surface area contributed by atoms with Crippen LogP contribution in [-0.4, -0.2) is 0 Å². The molecule has 14 rings (SSSR count). The van der Waals surface area contributed by atoms with Crippen LogP contribution in [0.4, 0.5) is 17.1 Å². The van der Waals surface area contributed by atoms with Crippen molar-refractivity contribution in [2.45, 2.75) is 43.4 Å². The normalized spacial score (nSPS) is 22.2. The lowest BCUT2D eigenvalue weighted by molar-refractivity contribution is 0.327. The average molecular weight is 766 g/mol. The van der Waals surface area contributed by atoms with Crippen molar-refractivity contribution in [3.8, 4) is 44.5 Å². The summed E-state index contributed by atoms with van der Waals surface area (Å²) in [5.41, 5.74) is 21.6. The lowest BCUT2D eigenvalue weighted by Gasteiger charge is -2.43. The molecule has 9 aromatic rings. The van der Waals surface area contributed by atoms with Gasteiger partial charge in [-0.15, -0.1) is 0 Å². The molecule has 3 unspecified atom stereocenters. The number of hydrogen-bond acceptors (Lipinski definition) is 1. The first kappa shape index (κ1) is 33.2. The van der Waals surface area contributed by atoms with E-state index in [1.807, 2.05) is 0 Å². The summed E-state index contributed by atoms with van der Waals surface area (Å²) < 4.78 is 0. The van der Waals surface area contributed by atoms with Gasteiger partial charge < -0.3 is 4.90 Å². The molecule has 0 radical (unpaired) electrons. The molecule has 1 heteroatoms. The maximum Gasteiger partial charge on any atom is 0.0540 e. The molecule has 1 spiro atoms. The summed E-state index contributed by atoms with van der Waals surface area (Å²) in [5.74, 6) is 1.59. The third-order valence-electron chi connectivity index (χ3n) is 15.9. The predicted molar refractivity (Wildman–Crippen MR) is 250 cm³/mol. The molecule has 9 aromatic carbocycles. The number of hydrogen-bond donors (Lipinski definition) is 0. The Morgan fingerprint density at radius 2 is 1.12 bits per heavy atom. The highest BCUT2D eigenvalue weighted by Gasteiger charge is 2.57. The third kappa shape index (κ3) is 4.08. The van der Waals surface area contributed by atoms with Crippen LogP contribution < -0.4 is 4.90 Å². The molecule has 1 nitrogen and oxygen atoms in total. The first-order chi connectivity index (χ1) is 29.6. The van der Waals surface area contributed by atoms with E-state index in [0.29, 0.717) is 0 Å². The molecule has 2 fully saturated rings. The Kier molecular flexibility index (Phi) is 6.49. The molecule has 0 amide bonds.